The second-order valence-corrected chi connectivity index (χ2v) is 8.02. The van der Waals surface area contributed by atoms with Gasteiger partial charge in [0.15, 0.2) is 9.84 Å². The van der Waals surface area contributed by atoms with Gasteiger partial charge in [0.1, 0.15) is 0 Å². The van der Waals surface area contributed by atoms with Crippen LogP contribution in [-0.2, 0) is 9.84 Å². The molecule has 0 amide bonds. The molecule has 1 atom stereocenters. The van der Waals surface area contributed by atoms with E-state index in [0.717, 1.165) is 12.8 Å². The van der Waals surface area contributed by atoms with Gasteiger partial charge in [-0.1, -0.05) is 0 Å². The van der Waals surface area contributed by atoms with E-state index in [1.807, 2.05) is 0 Å². The van der Waals surface area contributed by atoms with Crippen LogP contribution in [0, 0.1) is 0 Å². The predicted molar refractivity (Wildman–Crippen MR) is 60.6 cm³/mol. The molecule has 2 N–H and O–H groups in total. The van der Waals surface area contributed by atoms with Gasteiger partial charge in [-0.25, -0.2) is 8.42 Å². The van der Waals surface area contributed by atoms with Crippen molar-refractivity contribution >= 4 is 9.84 Å². The van der Waals surface area contributed by atoms with E-state index in [9.17, 15) is 13.5 Å². The number of aliphatic hydroxyl groups is 1. The molecule has 0 aliphatic heterocycles. The summed E-state index contributed by atoms with van der Waals surface area (Å²) in [6.45, 7) is 5.34. The molecular formula is C10H21NO3S. The van der Waals surface area contributed by atoms with Crippen LogP contribution in [0.3, 0.4) is 0 Å². The van der Waals surface area contributed by atoms with Crippen molar-refractivity contribution in [2.45, 2.75) is 50.5 Å². The summed E-state index contributed by atoms with van der Waals surface area (Å²) in [5, 5.41) is 12.7. The first-order valence-corrected chi connectivity index (χ1v) is 7.01. The molecule has 1 unspecified atom stereocenters. The molecule has 15 heavy (non-hydrogen) atoms. The first kappa shape index (κ1) is 12.9. The summed E-state index contributed by atoms with van der Waals surface area (Å²) < 4.78 is 22.7. The molecule has 90 valence electrons. The van der Waals surface area contributed by atoms with E-state index in [0.29, 0.717) is 12.6 Å². The van der Waals surface area contributed by atoms with Gasteiger partial charge in [0.05, 0.1) is 16.6 Å². The fourth-order valence-corrected chi connectivity index (χ4v) is 2.28. The fourth-order valence-electron chi connectivity index (χ4n) is 1.15. The third-order valence-electron chi connectivity index (χ3n) is 2.56. The number of hydrogen-bond donors (Lipinski definition) is 2. The van der Waals surface area contributed by atoms with Crippen LogP contribution < -0.4 is 5.32 Å². The quantitative estimate of drug-likeness (QED) is 0.720. The van der Waals surface area contributed by atoms with E-state index in [1.165, 1.54) is 0 Å². The first-order chi connectivity index (χ1) is 6.72. The highest BCUT2D eigenvalue weighted by atomic mass is 32.2. The molecule has 0 saturated heterocycles. The van der Waals surface area contributed by atoms with E-state index in [1.54, 1.807) is 20.8 Å². The van der Waals surface area contributed by atoms with Gasteiger partial charge >= 0.3 is 0 Å². The Morgan fingerprint density at radius 2 is 1.93 bits per heavy atom. The normalized spacial score (nSPS) is 20.3. The van der Waals surface area contributed by atoms with Crippen molar-refractivity contribution in [1.29, 1.82) is 0 Å². The number of hydrogen-bond acceptors (Lipinski definition) is 4. The van der Waals surface area contributed by atoms with Crippen molar-refractivity contribution in [2.75, 3.05) is 12.3 Å². The molecule has 1 rings (SSSR count). The van der Waals surface area contributed by atoms with Crippen molar-refractivity contribution < 1.29 is 13.5 Å². The summed E-state index contributed by atoms with van der Waals surface area (Å²) in [4.78, 5) is 0. The molecule has 5 heteroatoms. The summed E-state index contributed by atoms with van der Waals surface area (Å²) in [6, 6.07) is 0.497. The zero-order valence-corrected chi connectivity index (χ0v) is 10.5. The Bertz CT molecular complexity index is 301. The van der Waals surface area contributed by atoms with Gasteiger partial charge in [-0.2, -0.15) is 0 Å². The van der Waals surface area contributed by atoms with Crippen molar-refractivity contribution in [2.24, 2.45) is 0 Å². The summed E-state index contributed by atoms with van der Waals surface area (Å²) in [5.41, 5.74) is 0. The maximum absolute atomic E-state index is 11.7. The molecule has 1 aliphatic carbocycles. The molecule has 1 aliphatic rings. The molecule has 4 nitrogen and oxygen atoms in total. The van der Waals surface area contributed by atoms with Gasteiger partial charge in [-0.05, 0) is 33.6 Å². The average Bonchev–Trinajstić information content (AvgIpc) is 2.80. The highest BCUT2D eigenvalue weighted by Crippen LogP contribution is 2.19. The molecule has 0 radical (unpaired) electrons. The smallest absolute Gasteiger partial charge is 0.157 e. The highest BCUT2D eigenvalue weighted by molar-refractivity contribution is 7.92. The van der Waals surface area contributed by atoms with E-state index in [2.05, 4.69) is 5.32 Å². The van der Waals surface area contributed by atoms with E-state index in [-0.39, 0.29) is 5.75 Å². The molecule has 1 fully saturated rings. The highest BCUT2D eigenvalue weighted by Gasteiger charge is 2.31. The molecule has 0 spiro atoms. The zero-order valence-electron chi connectivity index (χ0n) is 9.66. The third-order valence-corrected chi connectivity index (χ3v) is 5.25. The fraction of sp³-hybridized carbons (Fsp3) is 1.00. The van der Waals surface area contributed by atoms with Gasteiger partial charge in [0, 0.05) is 12.6 Å². The minimum atomic E-state index is -3.21. The van der Waals surface area contributed by atoms with E-state index < -0.39 is 20.7 Å². The molecule has 0 aromatic heterocycles. The van der Waals surface area contributed by atoms with E-state index >= 15 is 0 Å². The second kappa shape index (κ2) is 4.39. The van der Waals surface area contributed by atoms with Crippen LogP contribution >= 0.6 is 0 Å². The van der Waals surface area contributed by atoms with Crippen molar-refractivity contribution in [3.63, 3.8) is 0 Å². The standard InChI is InChI=1S/C10H21NO3S/c1-10(2,3)15(13,14)7-9(12)6-11-8-4-5-8/h8-9,11-12H,4-7H2,1-3H3. The molecule has 0 aromatic rings. The lowest BCUT2D eigenvalue weighted by atomic mass is 10.3. The lowest BCUT2D eigenvalue weighted by Gasteiger charge is -2.21. The second-order valence-electron chi connectivity index (χ2n) is 5.23. The van der Waals surface area contributed by atoms with Crippen LogP contribution in [0.15, 0.2) is 0 Å². The van der Waals surface area contributed by atoms with Crippen molar-refractivity contribution in [3.05, 3.63) is 0 Å². The van der Waals surface area contributed by atoms with Crippen LogP contribution in [0.25, 0.3) is 0 Å². The Morgan fingerprint density at radius 1 is 1.40 bits per heavy atom. The predicted octanol–water partition coefficient (Wildman–Crippen LogP) is 0.313. The molecular weight excluding hydrogens is 214 g/mol. The average molecular weight is 235 g/mol. The molecule has 0 bridgehead atoms. The molecule has 0 heterocycles. The lowest BCUT2D eigenvalue weighted by molar-refractivity contribution is 0.192. The third kappa shape index (κ3) is 4.09. The molecule has 1 saturated carbocycles. The summed E-state index contributed by atoms with van der Waals surface area (Å²) in [5.74, 6) is -0.157. The van der Waals surface area contributed by atoms with Crippen molar-refractivity contribution in [1.82, 2.24) is 5.32 Å². The van der Waals surface area contributed by atoms with Crippen LogP contribution in [0.5, 0.6) is 0 Å². The van der Waals surface area contributed by atoms with Gasteiger partial charge in [-0.15, -0.1) is 0 Å². The van der Waals surface area contributed by atoms with Gasteiger partial charge in [0.25, 0.3) is 0 Å². The van der Waals surface area contributed by atoms with Gasteiger partial charge in [0.2, 0.25) is 0 Å². The Kier molecular flexibility index (Phi) is 3.79. The zero-order chi connectivity index (χ0) is 11.7. The minimum Gasteiger partial charge on any atom is -0.391 e. The Morgan fingerprint density at radius 3 is 2.33 bits per heavy atom. The Labute approximate surface area is 92.0 Å². The van der Waals surface area contributed by atoms with Crippen molar-refractivity contribution in [3.8, 4) is 0 Å². The van der Waals surface area contributed by atoms with Crippen LogP contribution in [-0.4, -0.2) is 42.7 Å². The maximum Gasteiger partial charge on any atom is 0.157 e. The van der Waals surface area contributed by atoms with Crippen LogP contribution in [0.2, 0.25) is 0 Å². The number of sulfone groups is 1. The van der Waals surface area contributed by atoms with E-state index in [4.69, 9.17) is 0 Å². The number of nitrogens with one attached hydrogen (secondary N) is 1. The maximum atomic E-state index is 11.7. The number of rotatable bonds is 5. The largest absolute Gasteiger partial charge is 0.391 e. The minimum absolute atomic E-state index is 0.157. The summed E-state index contributed by atoms with van der Waals surface area (Å²) >= 11 is 0. The Balaban J connectivity index is 2.38. The van der Waals surface area contributed by atoms with Crippen LogP contribution in [0.4, 0.5) is 0 Å². The molecule has 0 aromatic carbocycles. The van der Waals surface area contributed by atoms with Crippen LogP contribution in [0.1, 0.15) is 33.6 Å². The summed E-state index contributed by atoms with van der Waals surface area (Å²) in [6.07, 6.45) is 1.48. The summed E-state index contributed by atoms with van der Waals surface area (Å²) in [7, 11) is -3.21. The monoisotopic (exact) mass is 235 g/mol. The lowest BCUT2D eigenvalue weighted by Crippen LogP contribution is -2.39. The van der Waals surface area contributed by atoms with Gasteiger partial charge in [-0.3, -0.25) is 0 Å². The first-order valence-electron chi connectivity index (χ1n) is 5.36. The van der Waals surface area contributed by atoms with Gasteiger partial charge < -0.3 is 10.4 Å². The Hall–Kier alpha value is -0.130. The topological polar surface area (TPSA) is 66.4 Å². The number of aliphatic hydroxyl groups excluding tert-OH is 1. The SMILES string of the molecule is CC(C)(C)S(=O)(=O)CC(O)CNC1CC1.